The van der Waals surface area contributed by atoms with Crippen LogP contribution in [0.1, 0.15) is 6.42 Å². The van der Waals surface area contributed by atoms with Gasteiger partial charge < -0.3 is 18.9 Å². The van der Waals surface area contributed by atoms with Crippen LogP contribution in [0.4, 0.5) is 0 Å². The van der Waals surface area contributed by atoms with E-state index in [1.807, 2.05) is 0 Å². The molecule has 1 aliphatic carbocycles. The zero-order valence-corrected chi connectivity index (χ0v) is 16.1. The molecule has 1 saturated carbocycles. The Bertz CT molecular complexity index is 491. The highest BCUT2D eigenvalue weighted by molar-refractivity contribution is 6.06. The molecule has 0 N–H and O–H groups in total. The number of imide groups is 1. The van der Waals surface area contributed by atoms with Crippen molar-refractivity contribution < 1.29 is 28.5 Å². The van der Waals surface area contributed by atoms with E-state index in [9.17, 15) is 9.59 Å². The molecule has 0 bridgehead atoms. The van der Waals surface area contributed by atoms with Gasteiger partial charge in [-0.25, -0.2) is 0 Å². The standard InChI is InChI=1S/C20H31NO6/c1-4-15-14-16(5-2)18-17(15)19(22)21(20(18)23)6-7-25-10-11-27-13-12-26-9-8-24-3/h4-5,15-18H,1-2,6-14H2,3H3. The lowest BCUT2D eigenvalue weighted by atomic mass is 9.89. The molecule has 2 rings (SSSR count). The van der Waals surface area contributed by atoms with Crippen molar-refractivity contribution >= 4 is 11.8 Å². The van der Waals surface area contributed by atoms with E-state index < -0.39 is 0 Å². The van der Waals surface area contributed by atoms with E-state index >= 15 is 0 Å². The maximum atomic E-state index is 12.7. The summed E-state index contributed by atoms with van der Waals surface area (Å²) in [5.41, 5.74) is 0. The van der Waals surface area contributed by atoms with Gasteiger partial charge in [0.15, 0.2) is 0 Å². The van der Waals surface area contributed by atoms with Gasteiger partial charge in [0, 0.05) is 7.11 Å². The van der Waals surface area contributed by atoms with E-state index in [-0.39, 0.29) is 42.0 Å². The van der Waals surface area contributed by atoms with E-state index in [1.165, 1.54) is 4.90 Å². The minimum absolute atomic E-state index is 0.0416. The van der Waals surface area contributed by atoms with Crippen LogP contribution in [0.3, 0.4) is 0 Å². The molecule has 27 heavy (non-hydrogen) atoms. The average molecular weight is 381 g/mol. The zero-order chi connectivity index (χ0) is 19.6. The number of likely N-dealkylation sites (tertiary alicyclic amines) is 1. The van der Waals surface area contributed by atoms with Gasteiger partial charge in [-0.05, 0) is 18.3 Å². The van der Waals surface area contributed by atoms with Gasteiger partial charge in [-0.15, -0.1) is 13.2 Å². The number of fused-ring (bicyclic) bond motifs is 1. The van der Waals surface area contributed by atoms with Gasteiger partial charge >= 0.3 is 0 Å². The second kappa shape index (κ2) is 11.3. The maximum absolute atomic E-state index is 12.7. The summed E-state index contributed by atoms with van der Waals surface area (Å²) in [6.07, 6.45) is 4.36. The summed E-state index contributed by atoms with van der Waals surface area (Å²) < 4.78 is 21.0. The number of amides is 2. The fourth-order valence-electron chi connectivity index (χ4n) is 3.83. The monoisotopic (exact) mass is 381 g/mol. The maximum Gasteiger partial charge on any atom is 0.233 e. The lowest BCUT2D eigenvalue weighted by Gasteiger charge is -2.18. The van der Waals surface area contributed by atoms with Crippen LogP contribution in [-0.4, -0.2) is 76.6 Å². The molecular weight excluding hydrogens is 350 g/mol. The number of hydrogen-bond acceptors (Lipinski definition) is 6. The number of hydrogen-bond donors (Lipinski definition) is 0. The summed E-state index contributed by atoms with van der Waals surface area (Å²) in [6.45, 7) is 11.2. The molecule has 2 fully saturated rings. The SMILES string of the molecule is C=CC1CC(C=C)C2C(=O)N(CCOCCOCCOCCOC)C(=O)C12. The molecule has 1 saturated heterocycles. The van der Waals surface area contributed by atoms with Crippen LogP contribution in [0.5, 0.6) is 0 Å². The molecule has 0 aromatic heterocycles. The summed E-state index contributed by atoms with van der Waals surface area (Å²) in [7, 11) is 1.63. The Balaban J connectivity index is 1.63. The van der Waals surface area contributed by atoms with Crippen LogP contribution in [0.25, 0.3) is 0 Å². The quantitative estimate of drug-likeness (QED) is 0.256. The van der Waals surface area contributed by atoms with Crippen molar-refractivity contribution in [2.75, 3.05) is 59.9 Å². The summed E-state index contributed by atoms with van der Waals surface area (Å²) >= 11 is 0. The Morgan fingerprint density at radius 3 is 1.74 bits per heavy atom. The van der Waals surface area contributed by atoms with Crippen molar-refractivity contribution in [1.29, 1.82) is 0 Å². The number of methoxy groups -OCH3 is 1. The molecule has 0 aromatic rings. The molecule has 4 atom stereocenters. The Kier molecular flexibility index (Phi) is 9.14. The molecule has 7 heteroatoms. The van der Waals surface area contributed by atoms with Crippen molar-refractivity contribution in [2.24, 2.45) is 23.7 Å². The van der Waals surface area contributed by atoms with Crippen LogP contribution in [-0.2, 0) is 28.5 Å². The summed E-state index contributed by atoms with van der Waals surface area (Å²) in [5, 5.41) is 0. The topological polar surface area (TPSA) is 74.3 Å². The number of nitrogens with zero attached hydrogens (tertiary/aromatic N) is 1. The van der Waals surface area contributed by atoms with E-state index in [4.69, 9.17) is 18.9 Å². The number of allylic oxidation sites excluding steroid dienone is 2. The van der Waals surface area contributed by atoms with Gasteiger partial charge in [-0.3, -0.25) is 14.5 Å². The van der Waals surface area contributed by atoms with Crippen molar-refractivity contribution in [3.8, 4) is 0 Å². The molecule has 1 aliphatic heterocycles. The van der Waals surface area contributed by atoms with Crippen LogP contribution in [0.2, 0.25) is 0 Å². The first kappa shape index (κ1) is 21.8. The molecular formula is C20H31NO6. The van der Waals surface area contributed by atoms with E-state index in [0.29, 0.717) is 46.2 Å². The number of carbonyl (C=O) groups excluding carboxylic acids is 2. The Hall–Kier alpha value is -1.54. The molecule has 2 aliphatic rings. The highest BCUT2D eigenvalue weighted by Gasteiger charge is 2.56. The molecule has 152 valence electrons. The minimum Gasteiger partial charge on any atom is -0.382 e. The van der Waals surface area contributed by atoms with Gasteiger partial charge in [0.2, 0.25) is 11.8 Å². The fourth-order valence-corrected chi connectivity index (χ4v) is 3.83. The van der Waals surface area contributed by atoms with Crippen LogP contribution >= 0.6 is 0 Å². The molecule has 0 aromatic carbocycles. The zero-order valence-electron chi connectivity index (χ0n) is 16.1. The molecule has 0 spiro atoms. The predicted molar refractivity (Wildman–Crippen MR) is 100 cm³/mol. The molecule has 7 nitrogen and oxygen atoms in total. The van der Waals surface area contributed by atoms with Gasteiger partial charge in [0.1, 0.15) is 0 Å². The highest BCUT2D eigenvalue weighted by Crippen LogP contribution is 2.48. The molecule has 4 unspecified atom stereocenters. The predicted octanol–water partition coefficient (Wildman–Crippen LogP) is 1.29. The summed E-state index contributed by atoms with van der Waals surface area (Å²) in [5.74, 6) is -0.710. The second-order valence-corrected chi connectivity index (χ2v) is 6.74. The van der Waals surface area contributed by atoms with Crippen molar-refractivity contribution in [3.63, 3.8) is 0 Å². The van der Waals surface area contributed by atoms with E-state index in [1.54, 1.807) is 19.3 Å². The van der Waals surface area contributed by atoms with Crippen LogP contribution in [0, 0.1) is 23.7 Å². The summed E-state index contributed by atoms with van der Waals surface area (Å²) in [6, 6.07) is 0. The lowest BCUT2D eigenvalue weighted by Crippen LogP contribution is -2.36. The first-order valence-electron chi connectivity index (χ1n) is 9.48. The largest absolute Gasteiger partial charge is 0.382 e. The number of carbonyl (C=O) groups is 2. The van der Waals surface area contributed by atoms with Gasteiger partial charge in [0.25, 0.3) is 0 Å². The van der Waals surface area contributed by atoms with Crippen LogP contribution < -0.4 is 0 Å². The van der Waals surface area contributed by atoms with Gasteiger partial charge in [-0.2, -0.15) is 0 Å². The van der Waals surface area contributed by atoms with Gasteiger partial charge in [0.05, 0.1) is 64.6 Å². The third-order valence-electron chi connectivity index (χ3n) is 5.20. The minimum atomic E-state index is -0.292. The van der Waals surface area contributed by atoms with Crippen molar-refractivity contribution in [3.05, 3.63) is 25.3 Å². The molecule has 1 heterocycles. The first-order valence-corrected chi connectivity index (χ1v) is 9.48. The van der Waals surface area contributed by atoms with E-state index in [2.05, 4.69) is 13.2 Å². The molecule has 2 amide bonds. The Morgan fingerprint density at radius 2 is 1.30 bits per heavy atom. The third-order valence-corrected chi connectivity index (χ3v) is 5.20. The van der Waals surface area contributed by atoms with Crippen molar-refractivity contribution in [1.82, 2.24) is 4.90 Å². The third kappa shape index (κ3) is 5.48. The number of ether oxygens (including phenoxy) is 4. The second-order valence-electron chi connectivity index (χ2n) is 6.74. The fraction of sp³-hybridized carbons (Fsp3) is 0.700. The summed E-state index contributed by atoms with van der Waals surface area (Å²) in [4.78, 5) is 26.7. The highest BCUT2D eigenvalue weighted by atomic mass is 16.6. The Labute approximate surface area is 161 Å². The number of rotatable bonds is 14. The lowest BCUT2D eigenvalue weighted by molar-refractivity contribution is -0.141. The first-order chi connectivity index (χ1) is 13.2. The van der Waals surface area contributed by atoms with E-state index in [0.717, 1.165) is 6.42 Å². The smallest absolute Gasteiger partial charge is 0.233 e. The van der Waals surface area contributed by atoms with Gasteiger partial charge in [-0.1, -0.05) is 12.2 Å². The van der Waals surface area contributed by atoms with Crippen molar-refractivity contribution in [2.45, 2.75) is 6.42 Å². The Morgan fingerprint density at radius 1 is 0.852 bits per heavy atom. The molecule has 0 radical (unpaired) electrons. The average Bonchev–Trinajstić information content (AvgIpc) is 3.17. The van der Waals surface area contributed by atoms with Crippen LogP contribution in [0.15, 0.2) is 25.3 Å². The normalized spacial score (nSPS) is 27.2.